The Bertz CT molecular complexity index is 832. The lowest BCUT2D eigenvalue weighted by atomic mass is 9.83. The van der Waals surface area contributed by atoms with Gasteiger partial charge in [-0.05, 0) is 43.4 Å². The molecule has 2 atom stereocenters. The fraction of sp³-hybridized carbons (Fsp3) is 0.385. The maximum Gasteiger partial charge on any atom is 0.0236 e. The molecule has 1 fully saturated rings. The third-order valence-corrected chi connectivity index (χ3v) is 6.16. The van der Waals surface area contributed by atoms with E-state index in [1.807, 2.05) is 0 Å². The van der Waals surface area contributed by atoms with Crippen molar-refractivity contribution in [2.75, 3.05) is 19.6 Å². The number of nitrogens with one attached hydrogen (secondary N) is 1. The smallest absolute Gasteiger partial charge is 0.0236 e. The third kappa shape index (κ3) is 4.81. The van der Waals surface area contributed by atoms with Crippen molar-refractivity contribution in [3.05, 3.63) is 94.6 Å². The van der Waals surface area contributed by atoms with Crippen molar-refractivity contribution in [1.82, 2.24) is 10.2 Å². The van der Waals surface area contributed by atoms with Crippen LogP contribution in [-0.4, -0.2) is 30.6 Å². The molecule has 1 N–H and O–H groups in total. The molecule has 4 rings (SSSR count). The third-order valence-electron chi connectivity index (χ3n) is 6.16. The highest BCUT2D eigenvalue weighted by Crippen LogP contribution is 2.33. The van der Waals surface area contributed by atoms with Gasteiger partial charge in [-0.2, -0.15) is 0 Å². The van der Waals surface area contributed by atoms with Gasteiger partial charge in [-0.15, -0.1) is 0 Å². The van der Waals surface area contributed by atoms with Crippen LogP contribution in [0.3, 0.4) is 0 Å². The minimum Gasteiger partial charge on any atom is -0.311 e. The number of rotatable bonds is 5. The van der Waals surface area contributed by atoms with Gasteiger partial charge in [-0.3, -0.25) is 4.90 Å². The van der Waals surface area contributed by atoms with Gasteiger partial charge < -0.3 is 5.32 Å². The molecule has 2 aromatic carbocycles. The second-order valence-electron chi connectivity index (χ2n) is 8.50. The first-order valence-corrected chi connectivity index (χ1v) is 10.6. The van der Waals surface area contributed by atoms with Gasteiger partial charge in [0.1, 0.15) is 0 Å². The highest BCUT2D eigenvalue weighted by atomic mass is 15.2. The number of allylic oxidation sites excluding steroid dienone is 4. The maximum absolute atomic E-state index is 3.69. The summed E-state index contributed by atoms with van der Waals surface area (Å²) < 4.78 is 0. The molecule has 28 heavy (non-hydrogen) atoms. The number of hydrogen-bond acceptors (Lipinski definition) is 2. The van der Waals surface area contributed by atoms with E-state index < -0.39 is 0 Å². The summed E-state index contributed by atoms with van der Waals surface area (Å²) in [4.78, 5) is 2.60. The van der Waals surface area contributed by atoms with Gasteiger partial charge in [0.15, 0.2) is 0 Å². The summed E-state index contributed by atoms with van der Waals surface area (Å²) in [7, 11) is 0. The molecule has 0 amide bonds. The molecule has 2 nitrogen and oxygen atoms in total. The predicted molar refractivity (Wildman–Crippen MR) is 119 cm³/mol. The van der Waals surface area contributed by atoms with E-state index in [2.05, 4.69) is 90.8 Å². The molecule has 2 aromatic rings. The molecule has 1 saturated heterocycles. The zero-order valence-corrected chi connectivity index (χ0v) is 17.2. The Morgan fingerprint density at radius 3 is 2.50 bits per heavy atom. The largest absolute Gasteiger partial charge is 0.311 e. The number of piperazine rings is 1. The normalized spacial score (nSPS) is 23.2. The van der Waals surface area contributed by atoms with Crippen LogP contribution in [0.4, 0.5) is 0 Å². The molecule has 1 aliphatic heterocycles. The van der Waals surface area contributed by atoms with E-state index in [9.17, 15) is 0 Å². The lowest BCUT2D eigenvalue weighted by Crippen LogP contribution is -2.51. The lowest BCUT2D eigenvalue weighted by Gasteiger charge is -2.34. The van der Waals surface area contributed by atoms with Crippen molar-refractivity contribution in [3.8, 4) is 0 Å². The predicted octanol–water partition coefficient (Wildman–Crippen LogP) is 5.08. The molecule has 0 aromatic heterocycles. The molecule has 0 bridgehead atoms. The summed E-state index contributed by atoms with van der Waals surface area (Å²) in [6.45, 7) is 8.86. The second-order valence-corrected chi connectivity index (χ2v) is 8.50. The fourth-order valence-corrected chi connectivity index (χ4v) is 4.51. The van der Waals surface area contributed by atoms with Gasteiger partial charge in [0.2, 0.25) is 0 Å². The summed E-state index contributed by atoms with van der Waals surface area (Å²) in [6.07, 6.45) is 6.80. The van der Waals surface area contributed by atoms with Crippen LogP contribution >= 0.6 is 0 Å². The first-order chi connectivity index (χ1) is 13.7. The number of nitrogens with zero attached hydrogens (tertiary/aromatic N) is 1. The molecule has 0 radical (unpaired) electrons. The second kappa shape index (κ2) is 8.89. The van der Waals surface area contributed by atoms with E-state index in [1.165, 1.54) is 27.8 Å². The summed E-state index contributed by atoms with van der Waals surface area (Å²) in [5.74, 6) is 0.550. The van der Waals surface area contributed by atoms with Crippen molar-refractivity contribution in [2.45, 2.75) is 45.2 Å². The van der Waals surface area contributed by atoms with Gasteiger partial charge in [-0.25, -0.2) is 0 Å². The highest BCUT2D eigenvalue weighted by Gasteiger charge is 2.20. The van der Waals surface area contributed by atoms with E-state index in [-0.39, 0.29) is 0 Å². The van der Waals surface area contributed by atoms with E-state index in [0.29, 0.717) is 12.0 Å². The van der Waals surface area contributed by atoms with Crippen LogP contribution in [0.2, 0.25) is 0 Å². The van der Waals surface area contributed by atoms with E-state index in [0.717, 1.165) is 39.0 Å². The minimum absolute atomic E-state index is 0.542. The minimum atomic E-state index is 0.542. The standard InChI is InChI=1S/C26H32N2/c1-20-8-9-21(2)26(16-20)24-12-10-23(11-13-24)18-28-15-14-27-25(19-28)17-22-6-4-3-5-7-22/h3-13,25-27H,14-19H2,1-2H3/t25-,26?/m0/s1. The van der Waals surface area contributed by atoms with Gasteiger partial charge >= 0.3 is 0 Å². The van der Waals surface area contributed by atoms with Gasteiger partial charge in [0, 0.05) is 38.1 Å². The Morgan fingerprint density at radius 1 is 0.929 bits per heavy atom. The SMILES string of the molecule is CC1=CC=C(C)C(c2ccc(CN3CCN[C@@H](Cc4ccccc4)C3)cc2)C1. The van der Waals surface area contributed by atoms with Crippen LogP contribution in [0.25, 0.3) is 0 Å². The highest BCUT2D eigenvalue weighted by molar-refractivity contribution is 5.37. The quantitative estimate of drug-likeness (QED) is 0.787. The first-order valence-electron chi connectivity index (χ1n) is 10.6. The van der Waals surface area contributed by atoms with Gasteiger partial charge in [0.05, 0.1) is 0 Å². The molecule has 2 heteroatoms. The van der Waals surface area contributed by atoms with Crippen molar-refractivity contribution >= 4 is 0 Å². The van der Waals surface area contributed by atoms with Crippen LogP contribution in [0.5, 0.6) is 0 Å². The molecule has 0 spiro atoms. The Kier molecular flexibility index (Phi) is 6.09. The first kappa shape index (κ1) is 19.2. The Hall–Kier alpha value is -2.16. The van der Waals surface area contributed by atoms with Crippen LogP contribution in [0.1, 0.15) is 42.9 Å². The van der Waals surface area contributed by atoms with Crippen molar-refractivity contribution < 1.29 is 0 Å². The van der Waals surface area contributed by atoms with Crippen molar-refractivity contribution in [1.29, 1.82) is 0 Å². The molecule has 1 aliphatic carbocycles. The average molecular weight is 373 g/mol. The Balaban J connectivity index is 1.35. The zero-order valence-electron chi connectivity index (χ0n) is 17.2. The topological polar surface area (TPSA) is 15.3 Å². The molecule has 1 unspecified atom stereocenters. The monoisotopic (exact) mass is 372 g/mol. The molecule has 1 heterocycles. The van der Waals surface area contributed by atoms with Crippen LogP contribution in [-0.2, 0) is 13.0 Å². The summed E-state index contributed by atoms with van der Waals surface area (Å²) in [5, 5.41) is 3.69. The van der Waals surface area contributed by atoms with E-state index in [1.54, 1.807) is 0 Å². The Morgan fingerprint density at radius 2 is 1.71 bits per heavy atom. The lowest BCUT2D eigenvalue weighted by molar-refractivity contribution is 0.192. The summed E-state index contributed by atoms with van der Waals surface area (Å²) in [5.41, 5.74) is 7.25. The number of hydrogen-bond donors (Lipinski definition) is 1. The summed E-state index contributed by atoms with van der Waals surface area (Å²) in [6, 6.07) is 20.7. The van der Waals surface area contributed by atoms with Gasteiger partial charge in [-0.1, -0.05) is 77.9 Å². The maximum atomic E-state index is 3.69. The summed E-state index contributed by atoms with van der Waals surface area (Å²) >= 11 is 0. The van der Waals surface area contributed by atoms with Crippen LogP contribution in [0.15, 0.2) is 77.9 Å². The number of benzene rings is 2. The molecular formula is C26H32N2. The molecule has 146 valence electrons. The zero-order chi connectivity index (χ0) is 19.3. The van der Waals surface area contributed by atoms with E-state index >= 15 is 0 Å². The van der Waals surface area contributed by atoms with Gasteiger partial charge in [0.25, 0.3) is 0 Å². The fourth-order valence-electron chi connectivity index (χ4n) is 4.51. The van der Waals surface area contributed by atoms with Crippen LogP contribution < -0.4 is 5.32 Å². The van der Waals surface area contributed by atoms with Crippen molar-refractivity contribution in [3.63, 3.8) is 0 Å². The van der Waals surface area contributed by atoms with E-state index in [4.69, 9.17) is 0 Å². The molecule has 0 saturated carbocycles. The van der Waals surface area contributed by atoms with Crippen molar-refractivity contribution in [2.24, 2.45) is 0 Å². The van der Waals surface area contributed by atoms with Crippen LogP contribution in [0, 0.1) is 0 Å². The average Bonchev–Trinajstić information content (AvgIpc) is 2.72. The Labute approximate surface area is 170 Å². The molecular weight excluding hydrogens is 340 g/mol. The molecule has 2 aliphatic rings.